The van der Waals surface area contributed by atoms with Crippen molar-refractivity contribution in [2.24, 2.45) is 15.9 Å². The third-order valence-corrected chi connectivity index (χ3v) is 9.55. The van der Waals surface area contributed by atoms with E-state index in [4.69, 9.17) is 23.7 Å². The van der Waals surface area contributed by atoms with E-state index in [0.29, 0.717) is 72.9 Å². The molecule has 300 valence electrons. The largest absolute Gasteiger partial charge is 0.507 e. The molecule has 0 fully saturated rings. The molecule has 0 heterocycles. The van der Waals surface area contributed by atoms with Gasteiger partial charge in [0.15, 0.2) is 17.3 Å². The Morgan fingerprint density at radius 3 is 1.82 bits per heavy atom. The maximum absolute atomic E-state index is 13.8. The molecular formula is C42H56N2O11. The lowest BCUT2D eigenvalue weighted by Gasteiger charge is -2.29. The molecule has 13 heteroatoms. The number of aryl methyl sites for hydroxylation is 2. The summed E-state index contributed by atoms with van der Waals surface area (Å²) in [6.07, 6.45) is 2.81. The first-order valence-electron chi connectivity index (χ1n) is 18.6. The Morgan fingerprint density at radius 2 is 1.24 bits per heavy atom. The molecule has 0 aromatic heterocycles. The summed E-state index contributed by atoms with van der Waals surface area (Å²) < 4.78 is 26.5. The maximum atomic E-state index is 13.8. The summed E-state index contributed by atoms with van der Waals surface area (Å²) in [4.78, 5) is 22.7. The van der Waals surface area contributed by atoms with Crippen LogP contribution in [0.15, 0.2) is 27.9 Å². The summed E-state index contributed by atoms with van der Waals surface area (Å²) in [6, 6.07) is 3.61. The maximum Gasteiger partial charge on any atom is 0.210 e. The first kappa shape index (κ1) is 43.2. The van der Waals surface area contributed by atoms with Gasteiger partial charge in [0.2, 0.25) is 5.78 Å². The zero-order chi connectivity index (χ0) is 40.4. The number of aliphatic imine (C=N–C) groups is 2. The highest BCUT2D eigenvalue weighted by atomic mass is 16.5. The van der Waals surface area contributed by atoms with Gasteiger partial charge in [-0.05, 0) is 47.8 Å². The number of fused-ring (bicyclic) bond motifs is 2. The second-order valence-corrected chi connectivity index (χ2v) is 14.1. The number of ketones is 1. The molecule has 0 saturated carbocycles. The highest BCUT2D eigenvalue weighted by Gasteiger charge is 2.38. The van der Waals surface area contributed by atoms with Gasteiger partial charge in [-0.3, -0.25) is 14.8 Å². The van der Waals surface area contributed by atoms with E-state index in [1.54, 1.807) is 40.2 Å². The molecule has 1 unspecified atom stereocenters. The molecule has 55 heavy (non-hydrogen) atoms. The molecule has 0 radical (unpaired) electrons. The fourth-order valence-corrected chi connectivity index (χ4v) is 7.02. The number of Topliss-reactive ketones (excluding diaryl/α,β-unsaturated/α-hetero) is 1. The minimum absolute atomic E-state index is 0.0986. The normalized spacial score (nSPS) is 14.9. The van der Waals surface area contributed by atoms with E-state index in [1.807, 2.05) is 27.7 Å². The standard InChI is InChI=1S/C42H56N2O11/c1-23(2)31-27-19-25(5)33(39(47)35(27)29(37(45)41(31)49)21-43-9-11-53-15-13-51-7)34-26(6)20-28-32(24(3)4)42(50)38(46)30(36(28)40(34)48)22-44-10-12-54-17-18-55-16-14-52-8/h19-24,30,45,47-50H,9-18H2,1-8H3. The number of aromatic hydroxyl groups is 4. The molecule has 0 bridgehead atoms. The van der Waals surface area contributed by atoms with Crippen molar-refractivity contribution in [3.63, 3.8) is 0 Å². The van der Waals surface area contributed by atoms with Crippen LogP contribution in [0.2, 0.25) is 0 Å². The fourth-order valence-electron chi connectivity index (χ4n) is 7.02. The van der Waals surface area contributed by atoms with Crippen LogP contribution in [0, 0.1) is 19.8 Å². The van der Waals surface area contributed by atoms with Gasteiger partial charge in [-0.2, -0.15) is 0 Å². The van der Waals surface area contributed by atoms with Gasteiger partial charge in [-0.1, -0.05) is 39.8 Å². The zero-order valence-electron chi connectivity index (χ0n) is 33.2. The molecule has 3 aromatic carbocycles. The van der Waals surface area contributed by atoms with Crippen molar-refractivity contribution in [1.29, 1.82) is 0 Å². The van der Waals surface area contributed by atoms with Gasteiger partial charge >= 0.3 is 0 Å². The van der Waals surface area contributed by atoms with Crippen LogP contribution in [0.25, 0.3) is 27.5 Å². The lowest BCUT2D eigenvalue weighted by Crippen LogP contribution is -2.25. The Labute approximate surface area is 322 Å². The summed E-state index contributed by atoms with van der Waals surface area (Å²) in [6.45, 7) is 14.6. The van der Waals surface area contributed by atoms with Crippen LogP contribution in [-0.2, 0) is 28.5 Å². The third kappa shape index (κ3) is 9.47. The number of phenols is 4. The number of nitrogens with zero attached hydrogens (tertiary/aromatic N) is 2. The van der Waals surface area contributed by atoms with Crippen LogP contribution in [-0.4, -0.2) is 124 Å². The Bertz CT molecular complexity index is 1930. The Hall–Kier alpha value is -4.53. The van der Waals surface area contributed by atoms with Crippen molar-refractivity contribution in [1.82, 2.24) is 0 Å². The van der Waals surface area contributed by atoms with Gasteiger partial charge in [0.05, 0.1) is 71.9 Å². The molecule has 1 aliphatic carbocycles. The van der Waals surface area contributed by atoms with E-state index >= 15 is 0 Å². The average Bonchev–Trinajstić information content (AvgIpc) is 3.12. The Morgan fingerprint density at radius 1 is 0.691 bits per heavy atom. The third-order valence-electron chi connectivity index (χ3n) is 9.55. The van der Waals surface area contributed by atoms with E-state index < -0.39 is 17.5 Å². The average molecular weight is 765 g/mol. The van der Waals surface area contributed by atoms with Crippen molar-refractivity contribution in [2.75, 3.05) is 80.2 Å². The van der Waals surface area contributed by atoms with Gasteiger partial charge < -0.3 is 49.2 Å². The first-order chi connectivity index (χ1) is 26.3. The van der Waals surface area contributed by atoms with Crippen LogP contribution in [0.3, 0.4) is 0 Å². The molecule has 0 aliphatic heterocycles. The number of allylic oxidation sites excluding steroid dienone is 2. The van der Waals surface area contributed by atoms with E-state index in [-0.39, 0.29) is 88.8 Å². The van der Waals surface area contributed by atoms with E-state index in [1.165, 1.54) is 12.4 Å². The van der Waals surface area contributed by atoms with Gasteiger partial charge in [0.25, 0.3) is 0 Å². The highest BCUT2D eigenvalue weighted by molar-refractivity contribution is 6.17. The molecular weight excluding hydrogens is 708 g/mol. The van der Waals surface area contributed by atoms with Crippen molar-refractivity contribution in [3.05, 3.63) is 51.3 Å². The monoisotopic (exact) mass is 764 g/mol. The van der Waals surface area contributed by atoms with Crippen molar-refractivity contribution >= 4 is 34.6 Å². The van der Waals surface area contributed by atoms with E-state index in [0.717, 1.165) is 0 Å². The lowest BCUT2D eigenvalue weighted by atomic mass is 9.74. The molecule has 1 aliphatic rings. The SMILES string of the molecule is COCCOCCN=Cc1c(O)c(O)c(C(C)C)c2cc(C)c(-c3c(C)cc4c(c3O)C(C=NCCOCCOCCOC)C(=O)C(O)=C4C(C)C)c(O)c12. The highest BCUT2D eigenvalue weighted by Crippen LogP contribution is 2.54. The number of benzene rings is 3. The van der Waals surface area contributed by atoms with Gasteiger partial charge in [-0.15, -0.1) is 0 Å². The van der Waals surface area contributed by atoms with Crippen LogP contribution in [0.4, 0.5) is 0 Å². The number of aliphatic hydroxyl groups is 1. The zero-order valence-corrected chi connectivity index (χ0v) is 33.2. The Balaban J connectivity index is 1.86. The number of rotatable bonds is 20. The predicted octanol–water partition coefficient (Wildman–Crippen LogP) is 6.49. The van der Waals surface area contributed by atoms with Gasteiger partial charge in [0, 0.05) is 65.4 Å². The summed E-state index contributed by atoms with van der Waals surface area (Å²) in [7, 11) is 3.18. The van der Waals surface area contributed by atoms with Crippen molar-refractivity contribution in [3.8, 4) is 34.1 Å². The number of hydrogen-bond donors (Lipinski definition) is 5. The number of ether oxygens (including phenoxy) is 5. The molecule has 3 aromatic rings. The van der Waals surface area contributed by atoms with Crippen LogP contribution in [0.1, 0.15) is 72.9 Å². The number of aliphatic hydroxyl groups excluding tert-OH is 1. The summed E-state index contributed by atoms with van der Waals surface area (Å²) in [5.74, 6) is -3.87. The summed E-state index contributed by atoms with van der Waals surface area (Å²) >= 11 is 0. The smallest absolute Gasteiger partial charge is 0.210 e. The van der Waals surface area contributed by atoms with Crippen molar-refractivity contribution in [2.45, 2.75) is 53.4 Å². The predicted molar refractivity (Wildman–Crippen MR) is 214 cm³/mol. The van der Waals surface area contributed by atoms with Crippen molar-refractivity contribution < 1.29 is 54.0 Å². The minimum atomic E-state index is -1.13. The number of carbonyl (C=O) groups excluding carboxylic acids is 1. The van der Waals surface area contributed by atoms with Crippen LogP contribution < -0.4 is 0 Å². The number of methoxy groups -OCH3 is 2. The molecule has 1 atom stereocenters. The van der Waals surface area contributed by atoms with Gasteiger partial charge in [0.1, 0.15) is 11.5 Å². The second kappa shape index (κ2) is 19.9. The summed E-state index contributed by atoms with van der Waals surface area (Å²) in [5.41, 5.74) is 3.40. The fraction of sp³-hybridized carbons (Fsp3) is 0.500. The number of phenolic OH excluding ortho intramolecular Hbond substituents is 4. The quantitative estimate of drug-likeness (QED) is 0.0480. The minimum Gasteiger partial charge on any atom is -0.507 e. The molecule has 0 amide bonds. The molecule has 4 rings (SSSR count). The van der Waals surface area contributed by atoms with E-state index in [2.05, 4.69) is 9.98 Å². The molecule has 0 spiro atoms. The second-order valence-electron chi connectivity index (χ2n) is 14.1. The van der Waals surface area contributed by atoms with Gasteiger partial charge in [-0.25, -0.2) is 0 Å². The number of hydrogen-bond acceptors (Lipinski definition) is 13. The Kier molecular flexibility index (Phi) is 15.6. The topological polar surface area (TPSA) is 189 Å². The molecule has 5 N–H and O–H groups in total. The number of carbonyl (C=O) groups is 1. The molecule has 13 nitrogen and oxygen atoms in total. The van der Waals surface area contributed by atoms with Crippen LogP contribution >= 0.6 is 0 Å². The molecule has 0 saturated heterocycles. The first-order valence-corrected chi connectivity index (χ1v) is 18.6. The van der Waals surface area contributed by atoms with Crippen LogP contribution in [0.5, 0.6) is 23.0 Å². The summed E-state index contributed by atoms with van der Waals surface area (Å²) in [5, 5.41) is 59.0. The van der Waals surface area contributed by atoms with E-state index in [9.17, 15) is 30.3 Å². The lowest BCUT2D eigenvalue weighted by molar-refractivity contribution is -0.118.